The summed E-state index contributed by atoms with van der Waals surface area (Å²) in [5.74, 6) is 0. The van der Waals surface area contributed by atoms with Crippen molar-refractivity contribution in [3.8, 4) is 0 Å². The first-order chi connectivity index (χ1) is 8.57. The molecule has 1 N–H and O–H groups in total. The van der Waals surface area contributed by atoms with Crippen LogP contribution in [0.25, 0.3) is 0 Å². The molecule has 0 rings (SSSR count). The lowest BCUT2D eigenvalue weighted by atomic mass is 9.93. The van der Waals surface area contributed by atoms with E-state index in [1.54, 1.807) is 0 Å². The van der Waals surface area contributed by atoms with Crippen LogP contribution in [0, 0.1) is 0 Å². The van der Waals surface area contributed by atoms with Crippen LogP contribution in [-0.4, -0.2) is 38.3 Å². The lowest BCUT2D eigenvalue weighted by Crippen LogP contribution is -2.65. The summed E-state index contributed by atoms with van der Waals surface area (Å²) >= 11 is 0. The molecule has 0 aromatic carbocycles. The van der Waals surface area contributed by atoms with E-state index >= 15 is 0 Å². The van der Waals surface area contributed by atoms with Gasteiger partial charge in [0, 0.05) is 12.1 Å². The zero-order chi connectivity index (χ0) is 15.3. The molecular weight excluding hydrogens is 248 g/mol. The number of hydrogen-bond donors (Lipinski definition) is 1. The summed E-state index contributed by atoms with van der Waals surface area (Å²) in [6, 6.07) is 0. The average Bonchev–Trinajstić information content (AvgIpc) is 2.33. The molecule has 0 atom stereocenters. The van der Waals surface area contributed by atoms with Gasteiger partial charge in [-0.25, -0.2) is 0 Å². The van der Waals surface area contributed by atoms with Crippen molar-refractivity contribution in [1.29, 1.82) is 0 Å². The third-order valence-corrected chi connectivity index (χ3v) is 10.1. The van der Waals surface area contributed by atoms with Crippen molar-refractivity contribution in [1.82, 2.24) is 9.88 Å². The Balaban J connectivity index is 5.09. The van der Waals surface area contributed by atoms with Crippen LogP contribution in [0.2, 0.25) is 18.1 Å². The molecule has 0 aromatic heterocycles. The van der Waals surface area contributed by atoms with E-state index in [2.05, 4.69) is 71.4 Å². The molecule has 0 fully saturated rings. The van der Waals surface area contributed by atoms with Crippen LogP contribution in [-0.2, 0) is 0 Å². The molecule has 19 heavy (non-hydrogen) atoms. The van der Waals surface area contributed by atoms with Gasteiger partial charge in [0.2, 0.25) is 0 Å². The second kappa shape index (κ2) is 7.23. The van der Waals surface area contributed by atoms with Gasteiger partial charge in [-0.15, -0.1) is 0 Å². The molecule has 0 spiro atoms. The molecule has 0 unspecified atom stereocenters. The molecule has 0 saturated carbocycles. The summed E-state index contributed by atoms with van der Waals surface area (Å²) in [6.45, 7) is 24.8. The molecule has 2 nitrogen and oxygen atoms in total. The number of hydrogen-bond acceptors (Lipinski definition) is 2. The van der Waals surface area contributed by atoms with E-state index in [9.17, 15) is 0 Å². The van der Waals surface area contributed by atoms with Crippen molar-refractivity contribution in [2.75, 3.05) is 19.6 Å². The van der Waals surface area contributed by atoms with Gasteiger partial charge in [0.15, 0.2) is 0 Å². The number of nitrogens with zero attached hydrogens (tertiary/aromatic N) is 1. The monoisotopic (exact) mass is 286 g/mol. The Morgan fingerprint density at radius 3 is 1.58 bits per heavy atom. The minimum absolute atomic E-state index is 0.287. The number of rotatable bonds is 8. The maximum Gasteiger partial charge on any atom is 0.125 e. The highest BCUT2D eigenvalue weighted by Gasteiger charge is 2.41. The van der Waals surface area contributed by atoms with Gasteiger partial charge in [-0.2, -0.15) is 0 Å². The highest BCUT2D eigenvalue weighted by molar-refractivity contribution is 6.77. The largest absolute Gasteiger partial charge is 0.331 e. The van der Waals surface area contributed by atoms with Gasteiger partial charge in [-0.1, -0.05) is 61.6 Å². The van der Waals surface area contributed by atoms with Crippen LogP contribution in [0.4, 0.5) is 0 Å². The Kier molecular flexibility index (Phi) is 7.28. The predicted octanol–water partition coefficient (Wildman–Crippen LogP) is 4.48. The second-order valence-corrected chi connectivity index (χ2v) is 12.4. The maximum atomic E-state index is 4.14. The molecule has 0 radical (unpaired) electrons. The minimum Gasteiger partial charge on any atom is -0.331 e. The molecule has 3 heteroatoms. The molecule has 0 bridgehead atoms. The average molecular weight is 287 g/mol. The fourth-order valence-electron chi connectivity index (χ4n) is 2.42. The summed E-state index contributed by atoms with van der Waals surface area (Å²) in [5, 5.41) is 0.395. The van der Waals surface area contributed by atoms with Gasteiger partial charge in [0.1, 0.15) is 8.24 Å². The highest BCUT2D eigenvalue weighted by atomic mass is 28.3. The van der Waals surface area contributed by atoms with Crippen LogP contribution in [0.5, 0.6) is 0 Å². The van der Waals surface area contributed by atoms with Crippen molar-refractivity contribution in [2.45, 2.75) is 85.0 Å². The second-order valence-electron chi connectivity index (χ2n) is 7.45. The van der Waals surface area contributed by atoms with E-state index in [0.717, 1.165) is 13.1 Å². The first-order valence-corrected chi connectivity index (χ1v) is 11.1. The van der Waals surface area contributed by atoms with E-state index < -0.39 is 8.24 Å². The molecule has 0 saturated heterocycles. The highest BCUT2D eigenvalue weighted by Crippen LogP contribution is 2.36. The SMILES string of the molecule is CCN(CC)CC(CC)(CC)N[Si](C)(C)C(C)(C)C. The Hall–Kier alpha value is 0.137. The van der Waals surface area contributed by atoms with Gasteiger partial charge >= 0.3 is 0 Å². The van der Waals surface area contributed by atoms with Crippen LogP contribution in [0.3, 0.4) is 0 Å². The fourth-order valence-corrected chi connectivity index (χ4v) is 4.55. The zero-order valence-electron chi connectivity index (χ0n) is 15.0. The van der Waals surface area contributed by atoms with E-state index in [1.165, 1.54) is 19.4 Å². The molecule has 0 amide bonds. The molecule has 0 aliphatic carbocycles. The van der Waals surface area contributed by atoms with Gasteiger partial charge in [-0.05, 0) is 31.0 Å². The Bertz CT molecular complexity index is 248. The standard InChI is InChI=1S/C16H38N2Si/c1-10-16(11-2,14-18(12-3)13-4)17-19(8,9)15(5,6)7/h17H,10-14H2,1-9H3. The summed E-state index contributed by atoms with van der Waals surface area (Å²) in [4.78, 5) is 6.71. The maximum absolute atomic E-state index is 4.14. The van der Waals surface area contributed by atoms with E-state index in [1.807, 2.05) is 0 Å². The first kappa shape index (κ1) is 19.1. The molecule has 0 heterocycles. The topological polar surface area (TPSA) is 15.3 Å². The van der Waals surface area contributed by atoms with Crippen molar-refractivity contribution in [2.24, 2.45) is 0 Å². The van der Waals surface area contributed by atoms with Gasteiger partial charge in [0.25, 0.3) is 0 Å². The molecule has 0 aliphatic heterocycles. The van der Waals surface area contributed by atoms with Crippen molar-refractivity contribution < 1.29 is 0 Å². The quantitative estimate of drug-likeness (QED) is 0.662. The Morgan fingerprint density at radius 2 is 1.32 bits per heavy atom. The van der Waals surface area contributed by atoms with Crippen LogP contribution in [0.15, 0.2) is 0 Å². The van der Waals surface area contributed by atoms with E-state index in [0.29, 0.717) is 5.04 Å². The normalized spacial score (nSPS) is 14.2. The smallest absolute Gasteiger partial charge is 0.125 e. The summed E-state index contributed by atoms with van der Waals surface area (Å²) in [6.07, 6.45) is 2.43. The molecule has 0 aliphatic rings. The lowest BCUT2D eigenvalue weighted by Gasteiger charge is -2.48. The van der Waals surface area contributed by atoms with Gasteiger partial charge < -0.3 is 9.88 Å². The molecule has 116 valence electrons. The minimum atomic E-state index is -1.45. The Morgan fingerprint density at radius 1 is 0.895 bits per heavy atom. The van der Waals surface area contributed by atoms with Crippen molar-refractivity contribution in [3.05, 3.63) is 0 Å². The van der Waals surface area contributed by atoms with Crippen LogP contribution >= 0.6 is 0 Å². The molecule has 0 aromatic rings. The summed E-state index contributed by atoms with van der Waals surface area (Å²) < 4.78 is 0. The Labute approximate surface area is 123 Å². The lowest BCUT2D eigenvalue weighted by molar-refractivity contribution is 0.198. The first-order valence-electron chi connectivity index (χ1n) is 8.09. The molecular formula is C16H38N2Si. The number of nitrogens with one attached hydrogen (secondary N) is 1. The van der Waals surface area contributed by atoms with Crippen LogP contribution < -0.4 is 4.98 Å². The zero-order valence-corrected chi connectivity index (χ0v) is 16.0. The van der Waals surface area contributed by atoms with Crippen LogP contribution in [0.1, 0.15) is 61.3 Å². The van der Waals surface area contributed by atoms with E-state index in [4.69, 9.17) is 0 Å². The van der Waals surface area contributed by atoms with Gasteiger partial charge in [0.05, 0.1) is 0 Å². The predicted molar refractivity (Wildman–Crippen MR) is 91.4 cm³/mol. The number of likely N-dealkylation sites (N-methyl/N-ethyl adjacent to an activating group) is 1. The third-order valence-electron chi connectivity index (χ3n) is 5.23. The summed E-state index contributed by atoms with van der Waals surface area (Å²) in [5.41, 5.74) is 0.287. The fraction of sp³-hybridized carbons (Fsp3) is 1.00. The van der Waals surface area contributed by atoms with Crippen molar-refractivity contribution >= 4 is 8.24 Å². The van der Waals surface area contributed by atoms with Crippen molar-refractivity contribution in [3.63, 3.8) is 0 Å². The summed E-state index contributed by atoms with van der Waals surface area (Å²) in [7, 11) is -1.45. The third kappa shape index (κ3) is 5.20. The van der Waals surface area contributed by atoms with Gasteiger partial charge in [-0.3, -0.25) is 0 Å². The van der Waals surface area contributed by atoms with E-state index in [-0.39, 0.29) is 5.54 Å².